The smallest absolute Gasteiger partial charge is 0.358 e. The van der Waals surface area contributed by atoms with Crippen LogP contribution < -0.4 is 5.32 Å². The van der Waals surface area contributed by atoms with Crippen molar-refractivity contribution in [2.45, 2.75) is 13.5 Å². The molecule has 8 nitrogen and oxygen atoms in total. The molecule has 0 aliphatic heterocycles. The average Bonchev–Trinajstić information content (AvgIpc) is 2.90. The molecule has 3 aromatic rings. The molecule has 0 radical (unpaired) electrons. The van der Waals surface area contributed by atoms with Gasteiger partial charge in [-0.1, -0.05) is 23.4 Å². The summed E-state index contributed by atoms with van der Waals surface area (Å²) in [5, 5.41) is 24.2. The molecule has 3 rings (SSSR count). The predicted octanol–water partition coefficient (Wildman–Crippen LogP) is 1.63. The van der Waals surface area contributed by atoms with Crippen molar-refractivity contribution in [1.29, 1.82) is 0 Å². The summed E-state index contributed by atoms with van der Waals surface area (Å²) < 4.78 is 4.99. The van der Waals surface area contributed by atoms with Gasteiger partial charge in [-0.05, 0) is 13.0 Å². The van der Waals surface area contributed by atoms with Crippen LogP contribution in [-0.2, 0) is 6.54 Å². The van der Waals surface area contributed by atoms with Gasteiger partial charge in [-0.2, -0.15) is 4.98 Å². The number of aryl methyl sites for hydroxylation is 1. The zero-order valence-electron chi connectivity index (χ0n) is 11.1. The summed E-state index contributed by atoms with van der Waals surface area (Å²) in [6.45, 7) is 1.91. The Hall–Kier alpha value is -3.03. The van der Waals surface area contributed by atoms with Gasteiger partial charge in [0, 0.05) is 5.39 Å². The number of nitrogens with one attached hydrogen (secondary N) is 1. The van der Waals surface area contributed by atoms with Crippen LogP contribution in [0.25, 0.3) is 10.9 Å². The van der Waals surface area contributed by atoms with E-state index in [0.717, 1.165) is 0 Å². The van der Waals surface area contributed by atoms with Crippen molar-refractivity contribution in [3.05, 3.63) is 41.7 Å². The number of anilines is 1. The minimum atomic E-state index is -1.16. The van der Waals surface area contributed by atoms with E-state index in [1.54, 1.807) is 25.1 Å². The number of carboxylic acid groups (broad SMARTS) is 1. The lowest BCUT2D eigenvalue weighted by atomic mass is 10.1. The molecule has 21 heavy (non-hydrogen) atoms. The van der Waals surface area contributed by atoms with Crippen molar-refractivity contribution >= 4 is 22.6 Å². The lowest BCUT2D eigenvalue weighted by Gasteiger charge is -2.09. The van der Waals surface area contributed by atoms with Gasteiger partial charge in [0.2, 0.25) is 5.89 Å². The van der Waals surface area contributed by atoms with E-state index in [9.17, 15) is 9.90 Å². The monoisotopic (exact) mass is 285 g/mol. The van der Waals surface area contributed by atoms with E-state index >= 15 is 0 Å². The van der Waals surface area contributed by atoms with Crippen LogP contribution in [0.5, 0.6) is 0 Å². The maximum absolute atomic E-state index is 11.3. The third-order valence-corrected chi connectivity index (χ3v) is 2.86. The number of hydrogen-bond donors (Lipinski definition) is 2. The molecule has 2 aromatic heterocycles. The predicted molar refractivity (Wildman–Crippen MR) is 72.9 cm³/mol. The lowest BCUT2D eigenvalue weighted by Crippen LogP contribution is -2.10. The number of nitrogens with zero attached hydrogens (tertiary/aromatic N) is 4. The zero-order valence-corrected chi connectivity index (χ0v) is 11.1. The van der Waals surface area contributed by atoms with Crippen molar-refractivity contribution < 1.29 is 14.4 Å². The molecular formula is C13H11N5O3. The molecule has 2 N–H and O–H groups in total. The average molecular weight is 285 g/mol. The van der Waals surface area contributed by atoms with Crippen LogP contribution in [0.2, 0.25) is 0 Å². The molecule has 0 atom stereocenters. The largest absolute Gasteiger partial charge is 0.476 e. The quantitative estimate of drug-likeness (QED) is 0.743. The zero-order chi connectivity index (χ0) is 14.8. The van der Waals surface area contributed by atoms with E-state index in [0.29, 0.717) is 28.3 Å². The Morgan fingerprint density at radius 1 is 1.33 bits per heavy atom. The standard InChI is InChI=1S/C13H11N5O3/c1-7-15-10(21-18-7)6-14-11-8-4-2-3-5-9(8)16-17-12(11)13(19)20/h2-5H,6H2,1H3,(H,14,16)(H,19,20). The van der Waals surface area contributed by atoms with Crippen LogP contribution in [-0.4, -0.2) is 31.4 Å². The van der Waals surface area contributed by atoms with E-state index < -0.39 is 5.97 Å². The van der Waals surface area contributed by atoms with E-state index in [-0.39, 0.29) is 12.2 Å². The number of aromatic carboxylic acids is 1. The fourth-order valence-corrected chi connectivity index (χ4v) is 1.96. The van der Waals surface area contributed by atoms with Gasteiger partial charge < -0.3 is 14.9 Å². The third kappa shape index (κ3) is 2.50. The molecule has 8 heteroatoms. The first kappa shape index (κ1) is 13.0. The number of rotatable bonds is 4. The maximum Gasteiger partial charge on any atom is 0.358 e. The highest BCUT2D eigenvalue weighted by Crippen LogP contribution is 2.24. The van der Waals surface area contributed by atoms with Crippen LogP contribution >= 0.6 is 0 Å². The van der Waals surface area contributed by atoms with Crippen LogP contribution in [0.4, 0.5) is 5.69 Å². The molecule has 0 saturated carbocycles. The summed E-state index contributed by atoms with van der Waals surface area (Å²) in [4.78, 5) is 15.3. The van der Waals surface area contributed by atoms with Gasteiger partial charge in [0.1, 0.15) is 0 Å². The van der Waals surface area contributed by atoms with Crippen LogP contribution in [0, 0.1) is 6.92 Å². The molecule has 0 unspecified atom stereocenters. The second kappa shape index (κ2) is 5.16. The highest BCUT2D eigenvalue weighted by molar-refractivity contribution is 6.02. The summed E-state index contributed by atoms with van der Waals surface area (Å²) in [5.74, 6) is -0.273. The molecular weight excluding hydrogens is 274 g/mol. The number of fused-ring (bicyclic) bond motifs is 1. The Morgan fingerprint density at radius 2 is 2.14 bits per heavy atom. The van der Waals surface area contributed by atoms with Gasteiger partial charge in [-0.15, -0.1) is 10.2 Å². The van der Waals surface area contributed by atoms with E-state index in [1.165, 1.54) is 0 Å². The van der Waals surface area contributed by atoms with Gasteiger partial charge in [0.25, 0.3) is 0 Å². The first-order valence-corrected chi connectivity index (χ1v) is 6.17. The third-order valence-electron chi connectivity index (χ3n) is 2.86. The van der Waals surface area contributed by atoms with Crippen LogP contribution in [0.15, 0.2) is 28.8 Å². The maximum atomic E-state index is 11.3. The minimum Gasteiger partial charge on any atom is -0.476 e. The van der Waals surface area contributed by atoms with Gasteiger partial charge in [0.15, 0.2) is 11.5 Å². The molecule has 106 valence electrons. The molecule has 0 bridgehead atoms. The SMILES string of the molecule is Cc1noc(CNc2c(C(=O)O)nnc3ccccc23)n1. The first-order chi connectivity index (χ1) is 10.1. The highest BCUT2D eigenvalue weighted by Gasteiger charge is 2.17. The second-order valence-corrected chi connectivity index (χ2v) is 4.33. The fraction of sp³-hybridized carbons (Fsp3) is 0.154. The van der Waals surface area contributed by atoms with E-state index in [4.69, 9.17) is 4.52 Å². The van der Waals surface area contributed by atoms with Crippen LogP contribution in [0.1, 0.15) is 22.2 Å². The molecule has 0 spiro atoms. The number of benzene rings is 1. The van der Waals surface area contributed by atoms with E-state index in [2.05, 4.69) is 25.7 Å². The Kier molecular flexibility index (Phi) is 3.19. The number of carboxylic acids is 1. The van der Waals surface area contributed by atoms with Crippen molar-refractivity contribution in [2.24, 2.45) is 0 Å². The molecule has 0 fully saturated rings. The van der Waals surface area contributed by atoms with Crippen molar-refractivity contribution in [3.63, 3.8) is 0 Å². The number of aromatic nitrogens is 4. The van der Waals surface area contributed by atoms with Gasteiger partial charge in [-0.3, -0.25) is 0 Å². The first-order valence-electron chi connectivity index (χ1n) is 6.17. The van der Waals surface area contributed by atoms with Gasteiger partial charge >= 0.3 is 5.97 Å². The Labute approximate surface area is 118 Å². The van der Waals surface area contributed by atoms with Gasteiger partial charge in [-0.25, -0.2) is 4.79 Å². The minimum absolute atomic E-state index is 0.148. The summed E-state index contributed by atoms with van der Waals surface area (Å²) in [7, 11) is 0. The molecule has 0 amide bonds. The number of carbonyl (C=O) groups is 1. The van der Waals surface area contributed by atoms with Crippen molar-refractivity contribution in [1.82, 2.24) is 20.3 Å². The molecule has 1 aromatic carbocycles. The Morgan fingerprint density at radius 3 is 2.86 bits per heavy atom. The Balaban J connectivity index is 2.01. The van der Waals surface area contributed by atoms with Crippen molar-refractivity contribution in [3.8, 4) is 0 Å². The highest BCUT2D eigenvalue weighted by atomic mass is 16.5. The Bertz CT molecular complexity index is 814. The van der Waals surface area contributed by atoms with Gasteiger partial charge in [0.05, 0.1) is 17.7 Å². The van der Waals surface area contributed by atoms with E-state index in [1.807, 2.05) is 6.07 Å². The summed E-state index contributed by atoms with van der Waals surface area (Å²) in [6, 6.07) is 7.15. The summed E-state index contributed by atoms with van der Waals surface area (Å²) in [6.07, 6.45) is 0. The van der Waals surface area contributed by atoms with Crippen molar-refractivity contribution in [2.75, 3.05) is 5.32 Å². The molecule has 0 aliphatic rings. The second-order valence-electron chi connectivity index (χ2n) is 4.33. The topological polar surface area (TPSA) is 114 Å². The lowest BCUT2D eigenvalue weighted by molar-refractivity contribution is 0.0690. The van der Waals surface area contributed by atoms with Crippen LogP contribution in [0.3, 0.4) is 0 Å². The molecule has 0 aliphatic carbocycles. The summed E-state index contributed by atoms with van der Waals surface area (Å²) in [5.41, 5.74) is 0.834. The number of hydrogen-bond acceptors (Lipinski definition) is 7. The fourth-order valence-electron chi connectivity index (χ4n) is 1.96. The molecule has 0 saturated heterocycles. The molecule has 2 heterocycles. The normalized spacial score (nSPS) is 10.7. The summed E-state index contributed by atoms with van der Waals surface area (Å²) >= 11 is 0.